The van der Waals surface area contributed by atoms with Crippen LogP contribution in [0.25, 0.3) is 0 Å². The topological polar surface area (TPSA) is 15.7 Å². The van der Waals surface area contributed by atoms with Crippen molar-refractivity contribution in [2.45, 2.75) is 39.2 Å². The van der Waals surface area contributed by atoms with Gasteiger partial charge in [0.25, 0.3) is 0 Å². The molecule has 16 heavy (non-hydrogen) atoms. The Morgan fingerprint density at radius 3 is 2.56 bits per heavy atom. The molecule has 1 saturated heterocycles. The number of likely N-dealkylation sites (tertiary alicyclic amines) is 1. The van der Waals surface area contributed by atoms with E-state index in [9.17, 15) is 0 Å². The highest BCUT2D eigenvalue weighted by atomic mass is 16.5. The lowest BCUT2D eigenvalue weighted by Gasteiger charge is -2.32. The van der Waals surface area contributed by atoms with Gasteiger partial charge < -0.3 is 9.64 Å². The summed E-state index contributed by atoms with van der Waals surface area (Å²) in [5.74, 6) is 0. The van der Waals surface area contributed by atoms with Gasteiger partial charge in [-0.3, -0.25) is 4.90 Å². The Morgan fingerprint density at radius 2 is 1.94 bits per heavy atom. The minimum Gasteiger partial charge on any atom is -0.379 e. The monoisotopic (exact) mass is 228 g/mol. The fourth-order valence-corrected chi connectivity index (χ4v) is 2.10. The molecular formula is C13H28N2O. The molecule has 0 spiro atoms. The summed E-state index contributed by atoms with van der Waals surface area (Å²) in [5.41, 5.74) is 0. The molecule has 0 N–H and O–H groups in total. The van der Waals surface area contributed by atoms with Gasteiger partial charge in [-0.05, 0) is 46.4 Å². The molecule has 0 aromatic rings. The van der Waals surface area contributed by atoms with E-state index in [-0.39, 0.29) is 0 Å². The summed E-state index contributed by atoms with van der Waals surface area (Å²) in [6.07, 6.45) is 4.14. The zero-order chi connectivity index (χ0) is 11.8. The number of hydrogen-bond acceptors (Lipinski definition) is 3. The van der Waals surface area contributed by atoms with E-state index in [1.165, 1.54) is 32.4 Å². The highest BCUT2D eigenvalue weighted by molar-refractivity contribution is 4.70. The van der Waals surface area contributed by atoms with Crippen molar-refractivity contribution in [3.05, 3.63) is 0 Å². The molecule has 1 heterocycles. The number of rotatable bonds is 7. The molecule has 1 fully saturated rings. The lowest BCUT2D eigenvalue weighted by atomic mass is 10.1. The van der Waals surface area contributed by atoms with Crippen LogP contribution in [-0.4, -0.2) is 62.3 Å². The maximum Gasteiger partial charge on any atom is 0.0619 e. The van der Waals surface area contributed by atoms with Crippen molar-refractivity contribution in [1.29, 1.82) is 0 Å². The van der Waals surface area contributed by atoms with Crippen LogP contribution in [-0.2, 0) is 4.74 Å². The minimum atomic E-state index is 0.590. The van der Waals surface area contributed by atoms with Gasteiger partial charge in [0.2, 0.25) is 0 Å². The van der Waals surface area contributed by atoms with Gasteiger partial charge in [-0.25, -0.2) is 0 Å². The van der Waals surface area contributed by atoms with Crippen molar-refractivity contribution in [2.75, 3.05) is 46.4 Å². The Morgan fingerprint density at radius 1 is 1.25 bits per heavy atom. The van der Waals surface area contributed by atoms with Crippen LogP contribution >= 0.6 is 0 Å². The number of likely N-dealkylation sites (N-methyl/N-ethyl adjacent to an activating group) is 1. The molecule has 1 unspecified atom stereocenters. The Hall–Kier alpha value is -0.120. The fraction of sp³-hybridized carbons (Fsp3) is 1.00. The Labute approximate surface area is 101 Å². The molecule has 0 bridgehead atoms. The molecule has 1 atom stereocenters. The van der Waals surface area contributed by atoms with Crippen LogP contribution in [0.2, 0.25) is 0 Å². The normalized spacial score (nSPS) is 20.2. The molecule has 0 aromatic carbocycles. The fourth-order valence-electron chi connectivity index (χ4n) is 2.10. The Kier molecular flexibility index (Phi) is 7.01. The first-order chi connectivity index (χ1) is 7.74. The average molecular weight is 228 g/mol. The number of ether oxygens (including phenoxy) is 1. The Bertz CT molecular complexity index is 169. The van der Waals surface area contributed by atoms with Gasteiger partial charge in [-0.1, -0.05) is 13.3 Å². The van der Waals surface area contributed by atoms with Crippen LogP contribution in [0, 0.1) is 0 Å². The minimum absolute atomic E-state index is 0.590. The van der Waals surface area contributed by atoms with Gasteiger partial charge in [0, 0.05) is 12.6 Å². The third-order valence-electron chi connectivity index (χ3n) is 3.53. The van der Waals surface area contributed by atoms with Crippen molar-refractivity contribution < 1.29 is 4.74 Å². The lowest BCUT2D eigenvalue weighted by molar-refractivity contribution is 0.0496. The van der Waals surface area contributed by atoms with E-state index >= 15 is 0 Å². The van der Waals surface area contributed by atoms with E-state index in [0.29, 0.717) is 6.04 Å². The summed E-state index contributed by atoms with van der Waals surface area (Å²) >= 11 is 0. The first-order valence-electron chi connectivity index (χ1n) is 6.74. The molecule has 0 amide bonds. The number of hydrogen-bond donors (Lipinski definition) is 0. The number of nitrogens with zero attached hydrogens (tertiary/aromatic N) is 2. The summed E-state index contributed by atoms with van der Waals surface area (Å²) in [5, 5.41) is 0. The maximum atomic E-state index is 5.74. The molecular weight excluding hydrogens is 200 g/mol. The lowest BCUT2D eigenvalue weighted by Crippen LogP contribution is -2.40. The van der Waals surface area contributed by atoms with Crippen molar-refractivity contribution >= 4 is 0 Å². The zero-order valence-electron chi connectivity index (χ0n) is 11.2. The average Bonchev–Trinajstić information content (AvgIpc) is 2.35. The second kappa shape index (κ2) is 8.04. The zero-order valence-corrected chi connectivity index (χ0v) is 11.2. The number of piperidine rings is 1. The second-order valence-electron chi connectivity index (χ2n) is 4.92. The van der Waals surface area contributed by atoms with Crippen LogP contribution in [0.15, 0.2) is 0 Å². The van der Waals surface area contributed by atoms with Crippen LogP contribution in [0.1, 0.15) is 33.1 Å². The molecule has 0 saturated carbocycles. The molecule has 1 rings (SSSR count). The summed E-state index contributed by atoms with van der Waals surface area (Å²) < 4.78 is 5.74. The van der Waals surface area contributed by atoms with E-state index < -0.39 is 0 Å². The highest BCUT2D eigenvalue weighted by Gasteiger charge is 2.16. The van der Waals surface area contributed by atoms with Gasteiger partial charge in [0.05, 0.1) is 13.2 Å². The molecule has 0 radical (unpaired) electrons. The van der Waals surface area contributed by atoms with Gasteiger partial charge in [-0.2, -0.15) is 0 Å². The van der Waals surface area contributed by atoms with Crippen molar-refractivity contribution in [3.63, 3.8) is 0 Å². The van der Waals surface area contributed by atoms with Crippen molar-refractivity contribution in [2.24, 2.45) is 0 Å². The van der Waals surface area contributed by atoms with E-state index in [1.807, 2.05) is 0 Å². The highest BCUT2D eigenvalue weighted by Crippen LogP contribution is 2.11. The second-order valence-corrected chi connectivity index (χ2v) is 4.92. The standard InChI is InChI=1S/C13H28N2O/c1-4-14(3)10-11-16-12-13(2)15-8-6-5-7-9-15/h13H,4-12H2,1-3H3. The van der Waals surface area contributed by atoms with Crippen LogP contribution in [0.3, 0.4) is 0 Å². The SMILES string of the molecule is CCN(C)CCOCC(C)N1CCCCC1. The largest absolute Gasteiger partial charge is 0.379 e. The van der Waals surface area contributed by atoms with Crippen molar-refractivity contribution in [3.8, 4) is 0 Å². The first kappa shape index (κ1) is 13.9. The van der Waals surface area contributed by atoms with Crippen LogP contribution < -0.4 is 0 Å². The predicted octanol–water partition coefficient (Wildman–Crippen LogP) is 1.83. The van der Waals surface area contributed by atoms with Crippen molar-refractivity contribution in [1.82, 2.24) is 9.80 Å². The Balaban J connectivity index is 2.03. The smallest absolute Gasteiger partial charge is 0.0619 e. The molecule has 96 valence electrons. The summed E-state index contributed by atoms with van der Waals surface area (Å²) in [6, 6.07) is 0.590. The molecule has 0 aromatic heterocycles. The van der Waals surface area contributed by atoms with Gasteiger partial charge >= 0.3 is 0 Å². The van der Waals surface area contributed by atoms with Gasteiger partial charge in [-0.15, -0.1) is 0 Å². The maximum absolute atomic E-state index is 5.74. The van der Waals surface area contributed by atoms with E-state index in [0.717, 1.165) is 26.3 Å². The third kappa shape index (κ3) is 5.28. The van der Waals surface area contributed by atoms with Gasteiger partial charge in [0.1, 0.15) is 0 Å². The third-order valence-corrected chi connectivity index (χ3v) is 3.53. The molecule has 1 aliphatic rings. The van der Waals surface area contributed by atoms with E-state index in [2.05, 4.69) is 30.7 Å². The first-order valence-corrected chi connectivity index (χ1v) is 6.74. The predicted molar refractivity (Wildman–Crippen MR) is 68.9 cm³/mol. The molecule has 1 aliphatic heterocycles. The summed E-state index contributed by atoms with van der Waals surface area (Å²) in [4.78, 5) is 4.85. The summed E-state index contributed by atoms with van der Waals surface area (Å²) in [7, 11) is 2.14. The van der Waals surface area contributed by atoms with Gasteiger partial charge in [0.15, 0.2) is 0 Å². The van der Waals surface area contributed by atoms with Crippen LogP contribution in [0.4, 0.5) is 0 Å². The van der Waals surface area contributed by atoms with E-state index in [1.54, 1.807) is 0 Å². The summed E-state index contributed by atoms with van der Waals surface area (Å²) in [6.45, 7) is 10.9. The molecule has 3 nitrogen and oxygen atoms in total. The van der Waals surface area contributed by atoms with E-state index in [4.69, 9.17) is 4.74 Å². The molecule has 3 heteroatoms. The quantitative estimate of drug-likeness (QED) is 0.618. The van der Waals surface area contributed by atoms with Crippen LogP contribution in [0.5, 0.6) is 0 Å². The molecule has 0 aliphatic carbocycles.